The molecule has 2 amide bonds. The summed E-state index contributed by atoms with van der Waals surface area (Å²) in [6, 6.07) is 5.96. The molecular weight excluding hydrogens is 249 g/mol. The highest BCUT2D eigenvalue weighted by Gasteiger charge is 2.06. The number of rotatable bonds is 7. The molecule has 1 rings (SSSR count). The monoisotopic (exact) mass is 267 g/mol. The van der Waals surface area contributed by atoms with Crippen molar-refractivity contribution in [2.75, 3.05) is 25.0 Å². The Labute approximate surface area is 111 Å². The van der Waals surface area contributed by atoms with Crippen LogP contribution in [-0.4, -0.2) is 31.4 Å². The Morgan fingerprint density at radius 3 is 2.63 bits per heavy atom. The number of para-hydroxylation sites is 1. The molecular formula is C13H18FN3O2. The molecule has 0 atom stereocenters. The van der Waals surface area contributed by atoms with Gasteiger partial charge in [-0.3, -0.25) is 9.59 Å². The molecule has 5 nitrogen and oxygen atoms in total. The third-order valence-corrected chi connectivity index (χ3v) is 2.34. The second-order valence-electron chi connectivity index (χ2n) is 3.91. The Bertz CT molecular complexity index is 438. The van der Waals surface area contributed by atoms with Gasteiger partial charge in [-0.05, 0) is 19.1 Å². The van der Waals surface area contributed by atoms with E-state index in [4.69, 9.17) is 0 Å². The summed E-state index contributed by atoms with van der Waals surface area (Å²) in [6.07, 6.45) is 0.306. The fourth-order valence-corrected chi connectivity index (χ4v) is 1.45. The summed E-state index contributed by atoms with van der Waals surface area (Å²) < 4.78 is 13.2. The van der Waals surface area contributed by atoms with E-state index in [1.165, 1.54) is 12.1 Å². The number of anilines is 1. The van der Waals surface area contributed by atoms with Crippen molar-refractivity contribution in [2.45, 2.75) is 13.3 Å². The van der Waals surface area contributed by atoms with Gasteiger partial charge in [0.1, 0.15) is 5.82 Å². The second-order valence-corrected chi connectivity index (χ2v) is 3.91. The minimum Gasteiger partial charge on any atom is -0.356 e. The topological polar surface area (TPSA) is 70.2 Å². The Morgan fingerprint density at radius 1 is 1.21 bits per heavy atom. The van der Waals surface area contributed by atoms with Gasteiger partial charge < -0.3 is 16.0 Å². The lowest BCUT2D eigenvalue weighted by Crippen LogP contribution is -2.32. The molecule has 0 bridgehead atoms. The van der Waals surface area contributed by atoms with Crippen molar-refractivity contribution < 1.29 is 14.0 Å². The van der Waals surface area contributed by atoms with E-state index >= 15 is 0 Å². The molecule has 0 aliphatic heterocycles. The molecule has 0 aliphatic carbocycles. The van der Waals surface area contributed by atoms with E-state index in [1.807, 2.05) is 6.92 Å². The molecule has 0 fully saturated rings. The Hall–Kier alpha value is -1.95. The van der Waals surface area contributed by atoms with Gasteiger partial charge in [-0.25, -0.2) is 4.39 Å². The summed E-state index contributed by atoms with van der Waals surface area (Å²) in [5.41, 5.74) is 0.151. The van der Waals surface area contributed by atoms with E-state index in [1.54, 1.807) is 12.1 Å². The number of carbonyl (C=O) groups is 2. The van der Waals surface area contributed by atoms with Gasteiger partial charge in [0.2, 0.25) is 11.8 Å². The van der Waals surface area contributed by atoms with Crippen LogP contribution in [-0.2, 0) is 9.59 Å². The third-order valence-electron chi connectivity index (χ3n) is 2.34. The van der Waals surface area contributed by atoms with Gasteiger partial charge in [0, 0.05) is 19.5 Å². The minimum atomic E-state index is -0.474. The highest BCUT2D eigenvalue weighted by Crippen LogP contribution is 2.11. The Morgan fingerprint density at radius 2 is 1.95 bits per heavy atom. The summed E-state index contributed by atoms with van der Waals surface area (Å²) in [6.45, 7) is 2.87. The zero-order chi connectivity index (χ0) is 14.1. The lowest BCUT2D eigenvalue weighted by atomic mass is 10.3. The van der Waals surface area contributed by atoms with E-state index in [9.17, 15) is 14.0 Å². The molecule has 104 valence electrons. The van der Waals surface area contributed by atoms with E-state index < -0.39 is 5.82 Å². The Balaban J connectivity index is 2.22. The summed E-state index contributed by atoms with van der Waals surface area (Å²) >= 11 is 0. The van der Waals surface area contributed by atoms with Crippen LogP contribution in [0.5, 0.6) is 0 Å². The average molecular weight is 267 g/mol. The molecule has 1 aromatic rings. The van der Waals surface area contributed by atoms with E-state index in [-0.39, 0.29) is 24.0 Å². The largest absolute Gasteiger partial charge is 0.356 e. The molecule has 0 aromatic heterocycles. The molecule has 6 heteroatoms. The van der Waals surface area contributed by atoms with Gasteiger partial charge in [0.15, 0.2) is 0 Å². The fourth-order valence-electron chi connectivity index (χ4n) is 1.45. The predicted molar refractivity (Wildman–Crippen MR) is 71.2 cm³/mol. The van der Waals surface area contributed by atoms with Crippen LogP contribution >= 0.6 is 0 Å². The number of halogens is 1. The number of nitrogens with one attached hydrogen (secondary N) is 3. The average Bonchev–Trinajstić information content (AvgIpc) is 2.38. The quantitative estimate of drug-likeness (QED) is 0.642. The molecule has 0 heterocycles. The van der Waals surface area contributed by atoms with Gasteiger partial charge in [-0.15, -0.1) is 0 Å². The summed E-state index contributed by atoms with van der Waals surface area (Å²) in [5.74, 6) is -0.885. The van der Waals surface area contributed by atoms with Crippen LogP contribution in [0, 0.1) is 5.82 Å². The predicted octanol–water partition coefficient (Wildman–Crippen LogP) is 0.880. The maximum atomic E-state index is 13.2. The highest BCUT2D eigenvalue weighted by molar-refractivity contribution is 5.92. The molecule has 1 aromatic carbocycles. The van der Waals surface area contributed by atoms with Crippen LogP contribution in [0.1, 0.15) is 13.3 Å². The van der Waals surface area contributed by atoms with E-state index in [0.29, 0.717) is 19.5 Å². The first-order chi connectivity index (χ1) is 9.13. The molecule has 0 unspecified atom stereocenters. The van der Waals surface area contributed by atoms with Crippen molar-refractivity contribution in [1.82, 2.24) is 10.6 Å². The minimum absolute atomic E-state index is 0.0355. The fraction of sp³-hybridized carbons (Fsp3) is 0.385. The SMILES string of the molecule is CCNC(=O)CCNCC(=O)Nc1ccccc1F. The van der Waals surface area contributed by atoms with E-state index in [2.05, 4.69) is 16.0 Å². The van der Waals surface area contributed by atoms with Crippen LogP contribution in [0.2, 0.25) is 0 Å². The van der Waals surface area contributed by atoms with Gasteiger partial charge in [0.25, 0.3) is 0 Å². The van der Waals surface area contributed by atoms with Crippen LogP contribution in [0.4, 0.5) is 10.1 Å². The number of hydrogen-bond donors (Lipinski definition) is 3. The molecule has 0 aliphatic rings. The summed E-state index contributed by atoms with van der Waals surface area (Å²) in [7, 11) is 0. The summed E-state index contributed by atoms with van der Waals surface area (Å²) in [4.78, 5) is 22.6. The van der Waals surface area contributed by atoms with Crippen LogP contribution in [0.15, 0.2) is 24.3 Å². The molecule has 3 N–H and O–H groups in total. The van der Waals surface area contributed by atoms with Crippen LogP contribution < -0.4 is 16.0 Å². The summed E-state index contributed by atoms with van der Waals surface area (Å²) in [5, 5.41) is 7.92. The van der Waals surface area contributed by atoms with Gasteiger partial charge in [-0.1, -0.05) is 12.1 Å². The zero-order valence-corrected chi connectivity index (χ0v) is 10.8. The van der Waals surface area contributed by atoms with Crippen LogP contribution in [0.25, 0.3) is 0 Å². The lowest BCUT2D eigenvalue weighted by molar-refractivity contribution is -0.121. The first-order valence-corrected chi connectivity index (χ1v) is 6.15. The molecule has 0 saturated heterocycles. The first kappa shape index (κ1) is 15.1. The van der Waals surface area contributed by atoms with Crippen molar-refractivity contribution in [3.05, 3.63) is 30.1 Å². The molecule has 19 heavy (non-hydrogen) atoms. The van der Waals surface area contributed by atoms with Crippen LogP contribution in [0.3, 0.4) is 0 Å². The second kappa shape index (κ2) is 8.20. The maximum absolute atomic E-state index is 13.2. The van der Waals surface area contributed by atoms with Crippen molar-refractivity contribution in [3.63, 3.8) is 0 Å². The van der Waals surface area contributed by atoms with Crippen molar-refractivity contribution in [1.29, 1.82) is 0 Å². The highest BCUT2D eigenvalue weighted by atomic mass is 19.1. The number of benzene rings is 1. The number of hydrogen-bond acceptors (Lipinski definition) is 3. The zero-order valence-electron chi connectivity index (χ0n) is 10.8. The number of carbonyl (C=O) groups excluding carboxylic acids is 2. The Kier molecular flexibility index (Phi) is 6.52. The van der Waals surface area contributed by atoms with Gasteiger partial charge >= 0.3 is 0 Å². The number of amides is 2. The first-order valence-electron chi connectivity index (χ1n) is 6.15. The third kappa shape index (κ3) is 5.96. The lowest BCUT2D eigenvalue weighted by Gasteiger charge is -2.07. The van der Waals surface area contributed by atoms with E-state index in [0.717, 1.165) is 0 Å². The van der Waals surface area contributed by atoms with Gasteiger partial charge in [0.05, 0.1) is 12.2 Å². The van der Waals surface area contributed by atoms with Crippen molar-refractivity contribution >= 4 is 17.5 Å². The van der Waals surface area contributed by atoms with Crippen molar-refractivity contribution in [2.24, 2.45) is 0 Å². The smallest absolute Gasteiger partial charge is 0.238 e. The normalized spacial score (nSPS) is 10.0. The molecule has 0 saturated carbocycles. The molecule has 0 radical (unpaired) electrons. The van der Waals surface area contributed by atoms with Gasteiger partial charge in [-0.2, -0.15) is 0 Å². The maximum Gasteiger partial charge on any atom is 0.238 e. The molecule has 0 spiro atoms. The van der Waals surface area contributed by atoms with Crippen molar-refractivity contribution in [3.8, 4) is 0 Å². The standard InChI is InChI=1S/C13H18FN3O2/c1-2-16-12(18)7-8-15-9-13(19)17-11-6-4-3-5-10(11)14/h3-6,15H,2,7-9H2,1H3,(H,16,18)(H,17,19).